The van der Waals surface area contributed by atoms with Crippen molar-refractivity contribution in [2.75, 3.05) is 0 Å². The molecule has 0 atom stereocenters. The van der Waals surface area contributed by atoms with Crippen LogP contribution in [-0.2, 0) is 0 Å². The Labute approximate surface area is 503 Å². The van der Waals surface area contributed by atoms with Gasteiger partial charge < -0.3 is 0 Å². The molecule has 0 radical (unpaired) electrons. The predicted molar refractivity (Wildman–Crippen MR) is 399 cm³/mol. The molecule has 434 valence electrons. The molecular weight excluding hydrogens is 1360 g/mol. The summed E-state index contributed by atoms with van der Waals surface area (Å²) in [6.07, 6.45) is 0. The fourth-order valence-electron chi connectivity index (χ4n) is 17.1. The van der Waals surface area contributed by atoms with E-state index in [2.05, 4.69) is 316 Å². The van der Waals surface area contributed by atoms with Gasteiger partial charge >= 0.3 is 509 Å². The van der Waals surface area contributed by atoms with Crippen molar-refractivity contribution < 1.29 is 0 Å². The van der Waals surface area contributed by atoms with Crippen LogP contribution in [0.3, 0.4) is 0 Å². The summed E-state index contributed by atoms with van der Waals surface area (Å²) in [6.45, 7) is 98.5. The maximum atomic E-state index is 2.74. The molecule has 3 rings (SSSR count). The molecule has 0 aliphatic carbocycles. The van der Waals surface area contributed by atoms with Gasteiger partial charge in [0.05, 0.1) is 0 Å². The van der Waals surface area contributed by atoms with Gasteiger partial charge in [-0.25, -0.2) is 0 Å². The number of hydrogen-bond acceptors (Lipinski definition) is 3. The van der Waals surface area contributed by atoms with Gasteiger partial charge in [-0.2, -0.15) is 0 Å². The van der Waals surface area contributed by atoms with E-state index in [4.69, 9.17) is 0 Å². The van der Waals surface area contributed by atoms with Gasteiger partial charge in [0.15, 0.2) is 0 Å². The van der Waals surface area contributed by atoms with Crippen LogP contribution in [0.1, 0.15) is 64.4 Å². The van der Waals surface area contributed by atoms with Crippen molar-refractivity contribution in [3.63, 3.8) is 0 Å². The maximum absolute atomic E-state index is 3.10. The summed E-state index contributed by atoms with van der Waals surface area (Å²) in [5.41, 5.74) is 10.7. The fraction of sp³-hybridized carbons (Fsp3) is 0.700. The van der Waals surface area contributed by atoms with Crippen LogP contribution < -0.4 is 0 Å². The minimum absolute atomic E-state index is 0.690. The van der Waals surface area contributed by atoms with Gasteiger partial charge in [0, 0.05) is 0 Å². The molecule has 0 fully saturated rings. The summed E-state index contributed by atoms with van der Waals surface area (Å²) in [7, 11) is -12.5. The SMILES string of the molecule is C[Si](C)(C)C(c1cccc(C([Si](C)(C)C)[Si](C)(C)C)c1[S][Bi]([S]c1c(C([Si](C)(C)C)[Si](C)(C)C)cccc1C([Si](C)(C)C)[Si](C)(C)C)[S]c1c(C([Si](C)(C)C)[Si](C)(C)C)cccc1C([Si](C)(C)C)[Si](C)(C)C)[Si](C)(C)C. The summed E-state index contributed by atoms with van der Waals surface area (Å²) in [5, 5.41) is 4.14. The first-order chi connectivity index (χ1) is 33.4. The normalized spacial score (nSPS) is 15.0. The Kier molecular flexibility index (Phi) is 23.7. The van der Waals surface area contributed by atoms with E-state index in [-0.39, 0.29) is 0 Å². The van der Waals surface area contributed by atoms with Crippen LogP contribution in [0.5, 0.6) is 0 Å². The van der Waals surface area contributed by atoms with E-state index >= 15 is 0 Å². The molecule has 0 nitrogen and oxygen atoms in total. The molecule has 16 heteroatoms. The molecule has 0 spiro atoms. The topological polar surface area (TPSA) is 0 Å². The second-order valence-corrected chi connectivity index (χ2v) is 130. The standard InChI is InChI=1S/3C20H42SSi4.Bi/c3*1-22(2,3)19(23(4,5)6)16-14-13-15-17(18(16)21)20(24(7,8)9)25(10,11)12;/h3*13-15,19-21H,1-12H3;/q;;;+3/p-3. The molecule has 0 unspecified atom stereocenters. The quantitative estimate of drug-likeness (QED) is 0.0821. The third kappa shape index (κ3) is 18.6. The first kappa shape index (κ1) is 72.5. The van der Waals surface area contributed by atoms with Gasteiger partial charge in [-0.05, 0) is 0 Å². The predicted octanol–water partition coefficient (Wildman–Crippen LogP) is 23.4. The van der Waals surface area contributed by atoms with Crippen LogP contribution in [0.25, 0.3) is 0 Å². The van der Waals surface area contributed by atoms with E-state index in [0.717, 1.165) is 0 Å². The molecule has 3 aromatic rings. The zero-order valence-corrected chi connectivity index (χ0v) is 74.8. The number of hydrogen-bond donors (Lipinski definition) is 0. The molecule has 0 aliphatic rings. The second kappa shape index (κ2) is 24.9. The molecular formula is C60H123BiS3Si12. The Hall–Kier alpha value is 2.20. The summed E-state index contributed by atoms with van der Waals surface area (Å²) in [4.78, 5) is 5.42. The van der Waals surface area contributed by atoms with Crippen LogP contribution in [0.4, 0.5) is 0 Å². The summed E-state index contributed by atoms with van der Waals surface area (Å²) in [6, 6.07) is 24.1. The average molecular weight is 1490 g/mol. The monoisotopic (exact) mass is 1480 g/mol. The van der Waals surface area contributed by atoms with Crippen LogP contribution >= 0.6 is 25.6 Å². The van der Waals surface area contributed by atoms with Gasteiger partial charge in [0.1, 0.15) is 0 Å². The Morgan fingerprint density at radius 2 is 0.316 bits per heavy atom. The molecule has 0 saturated heterocycles. The molecule has 3 aromatic carbocycles. The summed E-state index contributed by atoms with van der Waals surface area (Å²) in [5.74, 6) is 0. The van der Waals surface area contributed by atoms with Gasteiger partial charge in [0.25, 0.3) is 0 Å². The summed E-state index contributed by atoms with van der Waals surface area (Å²) >= 11 is -3.10. The molecule has 0 aliphatic heterocycles. The van der Waals surface area contributed by atoms with Crippen LogP contribution in [0.15, 0.2) is 69.3 Å². The molecule has 0 bridgehead atoms. The van der Waals surface area contributed by atoms with Crippen molar-refractivity contribution in [3.8, 4) is 0 Å². The number of rotatable bonds is 24. The zero-order chi connectivity index (χ0) is 59.7. The average Bonchev–Trinajstić information content (AvgIpc) is 3.08. The van der Waals surface area contributed by atoms with Gasteiger partial charge in [-0.15, -0.1) is 0 Å². The van der Waals surface area contributed by atoms with Crippen molar-refractivity contribution in [3.05, 3.63) is 88.0 Å². The summed E-state index contributed by atoms with van der Waals surface area (Å²) < 4.78 is 0. The van der Waals surface area contributed by atoms with Crippen molar-refractivity contribution >= 4 is 140 Å². The molecule has 0 amide bonds. The third-order valence-electron chi connectivity index (χ3n) is 16.0. The van der Waals surface area contributed by atoms with E-state index in [1.54, 1.807) is 48.1 Å². The van der Waals surface area contributed by atoms with Crippen molar-refractivity contribution in [1.29, 1.82) is 0 Å². The van der Waals surface area contributed by atoms with E-state index < -0.39 is 114 Å². The molecule has 0 aromatic heterocycles. The minimum atomic E-state index is -3.10. The molecule has 76 heavy (non-hydrogen) atoms. The Morgan fingerprint density at radius 3 is 0.408 bits per heavy atom. The van der Waals surface area contributed by atoms with Gasteiger partial charge in [-0.1, -0.05) is 0 Å². The van der Waals surface area contributed by atoms with Crippen molar-refractivity contribution in [2.45, 2.75) is 281 Å². The first-order valence-corrected chi connectivity index (χ1v) is 87.6. The van der Waals surface area contributed by atoms with E-state index in [1.165, 1.54) is 0 Å². The Morgan fingerprint density at radius 1 is 0.211 bits per heavy atom. The zero-order valence-electron chi connectivity index (χ0n) is 56.8. The van der Waals surface area contributed by atoms with Crippen LogP contribution in [0, 0.1) is 0 Å². The molecule has 0 N–H and O–H groups in total. The molecule has 0 saturated carbocycles. The van der Waals surface area contributed by atoms with E-state index in [1.807, 2.05) is 0 Å². The van der Waals surface area contributed by atoms with Crippen molar-refractivity contribution in [1.82, 2.24) is 0 Å². The van der Waals surface area contributed by atoms with E-state index in [9.17, 15) is 0 Å². The number of benzene rings is 3. The second-order valence-electron chi connectivity index (χ2n) is 36.8. The first-order valence-electron chi connectivity index (χ1n) is 29.6. The van der Waals surface area contributed by atoms with Gasteiger partial charge in [0.2, 0.25) is 0 Å². The Balaban J connectivity index is 3.00. The molecule has 0 heterocycles. The van der Waals surface area contributed by atoms with E-state index in [0.29, 0.717) is 31.0 Å². The third-order valence-corrected chi connectivity index (χ3v) is 97.5. The van der Waals surface area contributed by atoms with Crippen LogP contribution in [0.2, 0.25) is 236 Å². The Bertz CT molecular complexity index is 1920. The van der Waals surface area contributed by atoms with Crippen molar-refractivity contribution in [2.24, 2.45) is 0 Å². The fourth-order valence-corrected chi connectivity index (χ4v) is 126. The van der Waals surface area contributed by atoms with Gasteiger partial charge in [-0.3, -0.25) is 0 Å². The van der Waals surface area contributed by atoms with Crippen LogP contribution in [-0.4, -0.2) is 114 Å².